The van der Waals surface area contributed by atoms with Gasteiger partial charge in [0.1, 0.15) is 15.8 Å². The molecule has 4 nitrogen and oxygen atoms in total. The van der Waals surface area contributed by atoms with Gasteiger partial charge in [-0.2, -0.15) is 0 Å². The molecule has 0 aromatic heterocycles. The van der Waals surface area contributed by atoms with Gasteiger partial charge in [0, 0.05) is 12.6 Å². The highest BCUT2D eigenvalue weighted by Crippen LogP contribution is 2.32. The molecule has 0 bridgehead atoms. The van der Waals surface area contributed by atoms with Crippen LogP contribution in [0.1, 0.15) is 5.56 Å². The number of carbonyl (C=O) groups excluding carboxylic acids is 1. The lowest BCUT2D eigenvalue weighted by molar-refractivity contribution is -0.108. The molecule has 1 aliphatic heterocycles. The van der Waals surface area contributed by atoms with Gasteiger partial charge < -0.3 is 14.4 Å². The van der Waals surface area contributed by atoms with E-state index in [1.165, 1.54) is 0 Å². The van der Waals surface area contributed by atoms with E-state index in [-0.39, 0.29) is 5.12 Å². The number of rotatable bonds is 5. The van der Waals surface area contributed by atoms with Gasteiger partial charge in [0.05, 0.1) is 19.9 Å². The molecule has 1 fully saturated rings. The topological polar surface area (TPSA) is 38.8 Å². The number of methoxy groups -OCH3 is 2. The number of hydrogen-bond donors (Lipinski definition) is 0. The largest absolute Gasteiger partial charge is 0.497 e. The number of thiocarbonyl (C=S) groups is 1. The maximum absolute atomic E-state index is 12.1. The molecule has 6 heteroatoms. The fourth-order valence-corrected chi connectivity index (χ4v) is 3.02. The molecule has 1 aromatic carbocycles. The van der Waals surface area contributed by atoms with Crippen molar-refractivity contribution in [3.8, 4) is 11.5 Å². The van der Waals surface area contributed by atoms with Crippen molar-refractivity contribution in [2.24, 2.45) is 0 Å². The summed E-state index contributed by atoms with van der Waals surface area (Å²) < 4.78 is 11.0. The maximum atomic E-state index is 12.1. The molecule has 2 rings (SSSR count). The first kappa shape index (κ1) is 15.6. The highest BCUT2D eigenvalue weighted by atomic mass is 32.2. The quantitative estimate of drug-likeness (QED) is 0.471. The van der Waals surface area contributed by atoms with Crippen LogP contribution in [0.3, 0.4) is 0 Å². The Labute approximate surface area is 133 Å². The van der Waals surface area contributed by atoms with E-state index >= 15 is 0 Å². The van der Waals surface area contributed by atoms with E-state index in [9.17, 15) is 4.79 Å². The maximum Gasteiger partial charge on any atom is 0.242 e. The summed E-state index contributed by atoms with van der Waals surface area (Å²) in [7, 11) is 3.17. The van der Waals surface area contributed by atoms with Crippen LogP contribution < -0.4 is 9.47 Å². The van der Waals surface area contributed by atoms with E-state index in [2.05, 4.69) is 6.58 Å². The first-order chi connectivity index (χ1) is 10.1. The van der Waals surface area contributed by atoms with Crippen LogP contribution in [0, 0.1) is 0 Å². The summed E-state index contributed by atoms with van der Waals surface area (Å²) in [6.45, 7) is 4.20. The smallest absolute Gasteiger partial charge is 0.242 e. The van der Waals surface area contributed by atoms with Crippen LogP contribution in [-0.4, -0.2) is 35.1 Å². The highest BCUT2D eigenvalue weighted by Gasteiger charge is 2.30. The van der Waals surface area contributed by atoms with Gasteiger partial charge in [0.25, 0.3) is 0 Å². The van der Waals surface area contributed by atoms with Crippen molar-refractivity contribution in [2.75, 3.05) is 20.8 Å². The van der Waals surface area contributed by atoms with E-state index in [1.807, 2.05) is 12.1 Å². The Morgan fingerprint density at radius 3 is 2.43 bits per heavy atom. The minimum atomic E-state index is -0.0661. The van der Waals surface area contributed by atoms with E-state index in [4.69, 9.17) is 21.7 Å². The summed E-state index contributed by atoms with van der Waals surface area (Å²) in [5, 5.41) is -0.0661. The Kier molecular flexibility index (Phi) is 5.03. The third kappa shape index (κ3) is 3.46. The summed E-state index contributed by atoms with van der Waals surface area (Å²) >= 11 is 6.26. The fourth-order valence-electron chi connectivity index (χ4n) is 1.90. The average Bonchev–Trinajstić information content (AvgIpc) is 2.74. The van der Waals surface area contributed by atoms with Crippen LogP contribution in [0.25, 0.3) is 6.08 Å². The number of ether oxygens (including phenoxy) is 2. The van der Waals surface area contributed by atoms with Crippen molar-refractivity contribution in [3.63, 3.8) is 0 Å². The zero-order valence-corrected chi connectivity index (χ0v) is 13.4. The second-order valence-electron chi connectivity index (χ2n) is 4.23. The third-order valence-electron chi connectivity index (χ3n) is 2.89. The van der Waals surface area contributed by atoms with Gasteiger partial charge in [-0.1, -0.05) is 18.3 Å². The van der Waals surface area contributed by atoms with Crippen molar-refractivity contribution in [1.82, 2.24) is 4.90 Å². The van der Waals surface area contributed by atoms with Crippen LogP contribution in [0.15, 0.2) is 36.6 Å². The average molecular weight is 321 g/mol. The van der Waals surface area contributed by atoms with Crippen LogP contribution in [-0.2, 0) is 4.79 Å². The van der Waals surface area contributed by atoms with E-state index in [1.54, 1.807) is 37.3 Å². The van der Waals surface area contributed by atoms with Gasteiger partial charge in [-0.3, -0.25) is 4.79 Å². The number of thioether (sulfide) groups is 1. The Morgan fingerprint density at radius 2 is 1.90 bits per heavy atom. The molecule has 1 saturated heterocycles. The molecule has 1 aromatic rings. The van der Waals surface area contributed by atoms with E-state index < -0.39 is 0 Å². The van der Waals surface area contributed by atoms with Crippen molar-refractivity contribution in [2.45, 2.75) is 0 Å². The van der Waals surface area contributed by atoms with Crippen LogP contribution in [0.4, 0.5) is 0 Å². The number of nitrogens with zero attached hydrogens (tertiary/aromatic N) is 1. The second-order valence-corrected chi connectivity index (χ2v) is 5.84. The molecule has 1 heterocycles. The zero-order chi connectivity index (χ0) is 15.4. The highest BCUT2D eigenvalue weighted by molar-refractivity contribution is 8.33. The predicted octanol–water partition coefficient (Wildman–Crippen LogP) is 3.09. The number of carbonyl (C=O) groups is 1. The van der Waals surface area contributed by atoms with E-state index in [0.717, 1.165) is 17.3 Å². The molecule has 0 unspecified atom stereocenters. The van der Waals surface area contributed by atoms with E-state index in [0.29, 0.717) is 28.1 Å². The summed E-state index contributed by atoms with van der Waals surface area (Å²) in [5.74, 6) is 1.33. The minimum absolute atomic E-state index is 0.0661. The first-order valence-electron chi connectivity index (χ1n) is 6.18. The van der Waals surface area contributed by atoms with Crippen molar-refractivity contribution in [1.29, 1.82) is 0 Å². The third-order valence-corrected chi connectivity index (χ3v) is 4.15. The Balaban J connectivity index is 2.43. The molecule has 0 saturated carbocycles. The first-order valence-corrected chi connectivity index (χ1v) is 7.41. The van der Waals surface area contributed by atoms with Gasteiger partial charge in [-0.05, 0) is 35.5 Å². The van der Waals surface area contributed by atoms with Crippen LogP contribution in [0.2, 0.25) is 0 Å². The van der Waals surface area contributed by atoms with Crippen LogP contribution >= 0.6 is 24.0 Å². The summed E-state index contributed by atoms with van der Waals surface area (Å²) in [6.07, 6.45) is 3.49. The molecule has 110 valence electrons. The zero-order valence-electron chi connectivity index (χ0n) is 11.8. The lowest BCUT2D eigenvalue weighted by Crippen LogP contribution is -2.21. The lowest BCUT2D eigenvalue weighted by atomic mass is 10.1. The van der Waals surface area contributed by atoms with Crippen molar-refractivity contribution >= 4 is 39.5 Å². The standard InChI is InChI=1S/C15H15NO3S2/c1-4-5-16-13(14(17)21-15(16)20)8-10-6-11(18-2)9-12(7-10)19-3/h4,6-9H,1,5H2,2-3H3/b13-8+. The summed E-state index contributed by atoms with van der Waals surface area (Å²) in [4.78, 5) is 13.8. The fraction of sp³-hybridized carbons (Fsp3) is 0.200. The van der Waals surface area contributed by atoms with Gasteiger partial charge >= 0.3 is 0 Å². The molecule has 0 N–H and O–H groups in total. The molecule has 1 aliphatic rings. The predicted molar refractivity (Wildman–Crippen MR) is 89.6 cm³/mol. The van der Waals surface area contributed by atoms with Crippen molar-refractivity contribution in [3.05, 3.63) is 42.1 Å². The molecule has 0 spiro atoms. The molecule has 21 heavy (non-hydrogen) atoms. The number of benzene rings is 1. The van der Waals surface area contributed by atoms with Gasteiger partial charge in [0.15, 0.2) is 0 Å². The lowest BCUT2D eigenvalue weighted by Gasteiger charge is -2.15. The molecule has 0 radical (unpaired) electrons. The SMILES string of the molecule is C=CCN1C(=S)SC(=O)/C1=C\c1cc(OC)cc(OC)c1. The van der Waals surface area contributed by atoms with Crippen molar-refractivity contribution < 1.29 is 14.3 Å². The molecule has 0 atom stereocenters. The Bertz CT molecular complexity index is 603. The van der Waals surface area contributed by atoms with Gasteiger partial charge in [-0.15, -0.1) is 6.58 Å². The second kappa shape index (κ2) is 6.78. The van der Waals surface area contributed by atoms with Crippen LogP contribution in [0.5, 0.6) is 11.5 Å². The normalized spacial score (nSPS) is 16.5. The molecular weight excluding hydrogens is 306 g/mol. The summed E-state index contributed by atoms with van der Waals surface area (Å²) in [6, 6.07) is 5.45. The Hall–Kier alpha value is -1.79. The van der Waals surface area contributed by atoms with Gasteiger partial charge in [-0.25, -0.2) is 0 Å². The summed E-state index contributed by atoms with van der Waals surface area (Å²) in [5.41, 5.74) is 1.36. The minimum Gasteiger partial charge on any atom is -0.497 e. The Morgan fingerprint density at radius 1 is 1.29 bits per heavy atom. The molecule has 0 amide bonds. The molecule has 0 aliphatic carbocycles. The molecular formula is C15H15NO3S2. The van der Waals surface area contributed by atoms with Gasteiger partial charge in [0.2, 0.25) is 5.12 Å². The number of hydrogen-bond acceptors (Lipinski definition) is 5. The monoisotopic (exact) mass is 321 g/mol.